The predicted octanol–water partition coefficient (Wildman–Crippen LogP) is 0.406. The summed E-state index contributed by atoms with van der Waals surface area (Å²) >= 11 is 0. The van der Waals surface area contributed by atoms with E-state index in [0.717, 1.165) is 13.0 Å². The van der Waals surface area contributed by atoms with Crippen molar-refractivity contribution in [1.82, 2.24) is 10.2 Å². The molecule has 0 saturated heterocycles. The zero-order chi connectivity index (χ0) is 12.6. The maximum absolute atomic E-state index is 10.9. The minimum absolute atomic E-state index is 0.366. The van der Waals surface area contributed by atoms with E-state index in [2.05, 4.69) is 24.1 Å². The molecular weight excluding hydrogens is 208 g/mol. The lowest BCUT2D eigenvalue weighted by molar-refractivity contribution is -0.140. The molecule has 0 rings (SSSR count). The van der Waals surface area contributed by atoms with Crippen molar-refractivity contribution in [2.24, 2.45) is 0 Å². The average molecular weight is 232 g/mol. The number of carboxylic acids is 1. The Morgan fingerprint density at radius 3 is 2.56 bits per heavy atom. The van der Waals surface area contributed by atoms with Crippen LogP contribution in [0, 0.1) is 0 Å². The van der Waals surface area contributed by atoms with Crippen LogP contribution in [0.15, 0.2) is 0 Å². The quantitative estimate of drug-likeness (QED) is 0.603. The second-order valence-corrected chi connectivity index (χ2v) is 3.92. The second-order valence-electron chi connectivity index (χ2n) is 3.92. The molecular formula is C11H24N2O3. The summed E-state index contributed by atoms with van der Waals surface area (Å²) in [5.41, 5.74) is 0. The lowest BCUT2D eigenvalue weighted by Gasteiger charge is -2.30. The largest absolute Gasteiger partial charge is 0.480 e. The van der Waals surface area contributed by atoms with Crippen molar-refractivity contribution in [2.75, 3.05) is 33.9 Å². The summed E-state index contributed by atoms with van der Waals surface area (Å²) in [4.78, 5) is 13.1. The maximum atomic E-state index is 10.9. The van der Waals surface area contributed by atoms with Crippen molar-refractivity contribution in [3.05, 3.63) is 0 Å². The Hall–Kier alpha value is -0.650. The van der Waals surface area contributed by atoms with Crippen molar-refractivity contribution in [1.29, 1.82) is 0 Å². The second kappa shape index (κ2) is 8.50. The van der Waals surface area contributed by atoms with Crippen LogP contribution in [-0.2, 0) is 9.53 Å². The fourth-order valence-corrected chi connectivity index (χ4v) is 1.49. The molecule has 2 unspecified atom stereocenters. The van der Waals surface area contributed by atoms with Crippen LogP contribution >= 0.6 is 0 Å². The zero-order valence-electron chi connectivity index (χ0n) is 10.7. The molecule has 0 fully saturated rings. The third-order valence-corrected chi connectivity index (χ3v) is 2.86. The highest BCUT2D eigenvalue weighted by atomic mass is 16.5. The van der Waals surface area contributed by atoms with Gasteiger partial charge in [0.2, 0.25) is 0 Å². The maximum Gasteiger partial charge on any atom is 0.322 e. The minimum atomic E-state index is -0.812. The van der Waals surface area contributed by atoms with Gasteiger partial charge in [-0.3, -0.25) is 9.69 Å². The van der Waals surface area contributed by atoms with Crippen molar-refractivity contribution in [3.63, 3.8) is 0 Å². The van der Waals surface area contributed by atoms with E-state index in [1.54, 1.807) is 14.2 Å². The number of rotatable bonds is 9. The van der Waals surface area contributed by atoms with Crippen molar-refractivity contribution < 1.29 is 14.6 Å². The molecule has 0 radical (unpaired) electrons. The first kappa shape index (κ1) is 15.3. The standard InChI is InChI=1S/C11H24N2O3/c1-5-9(2)13(6-7-16-4)8-10(12-3)11(14)15/h9-10,12H,5-8H2,1-4H3,(H,14,15). The molecule has 0 aliphatic heterocycles. The lowest BCUT2D eigenvalue weighted by atomic mass is 10.2. The normalized spacial score (nSPS) is 15.1. The van der Waals surface area contributed by atoms with E-state index >= 15 is 0 Å². The number of carboxylic acid groups (broad SMARTS) is 1. The van der Waals surface area contributed by atoms with Crippen LogP contribution < -0.4 is 5.32 Å². The summed E-state index contributed by atoms with van der Waals surface area (Å²) in [6, 6.07) is -0.156. The minimum Gasteiger partial charge on any atom is -0.480 e. The number of methoxy groups -OCH3 is 1. The van der Waals surface area contributed by atoms with E-state index in [1.165, 1.54) is 0 Å². The third kappa shape index (κ3) is 5.44. The molecule has 0 spiro atoms. The van der Waals surface area contributed by atoms with E-state index in [9.17, 15) is 4.79 Å². The van der Waals surface area contributed by atoms with Crippen LogP contribution in [0.25, 0.3) is 0 Å². The van der Waals surface area contributed by atoms with Crippen LogP contribution in [0.1, 0.15) is 20.3 Å². The molecule has 5 nitrogen and oxygen atoms in total. The molecule has 5 heteroatoms. The molecule has 0 aliphatic rings. The fraction of sp³-hybridized carbons (Fsp3) is 0.909. The predicted molar refractivity (Wildman–Crippen MR) is 63.7 cm³/mol. The third-order valence-electron chi connectivity index (χ3n) is 2.86. The number of carbonyl (C=O) groups is 1. The highest BCUT2D eigenvalue weighted by Gasteiger charge is 2.21. The monoisotopic (exact) mass is 232 g/mol. The van der Waals surface area contributed by atoms with Gasteiger partial charge in [0.1, 0.15) is 6.04 Å². The Morgan fingerprint density at radius 2 is 2.19 bits per heavy atom. The first-order valence-corrected chi connectivity index (χ1v) is 5.69. The Balaban J connectivity index is 4.32. The molecule has 0 heterocycles. The van der Waals surface area contributed by atoms with Crippen molar-refractivity contribution >= 4 is 5.97 Å². The first-order valence-electron chi connectivity index (χ1n) is 5.69. The molecule has 0 amide bonds. The number of aliphatic carboxylic acids is 1. The summed E-state index contributed by atoms with van der Waals surface area (Å²) in [6.45, 7) is 6.09. The highest BCUT2D eigenvalue weighted by molar-refractivity contribution is 5.73. The van der Waals surface area contributed by atoms with Crippen molar-refractivity contribution in [2.45, 2.75) is 32.4 Å². The number of nitrogens with one attached hydrogen (secondary N) is 1. The SMILES string of the molecule is CCC(C)N(CCOC)CC(NC)C(=O)O. The molecule has 0 aliphatic carbocycles. The van der Waals surface area contributed by atoms with E-state index in [-0.39, 0.29) is 0 Å². The van der Waals surface area contributed by atoms with Gasteiger partial charge in [-0.25, -0.2) is 0 Å². The average Bonchev–Trinajstić information content (AvgIpc) is 2.28. The molecule has 0 aromatic rings. The smallest absolute Gasteiger partial charge is 0.322 e. The Morgan fingerprint density at radius 1 is 1.56 bits per heavy atom. The molecule has 0 aromatic carbocycles. The lowest BCUT2D eigenvalue weighted by Crippen LogP contribution is -2.48. The van der Waals surface area contributed by atoms with Crippen LogP contribution in [0.5, 0.6) is 0 Å². The summed E-state index contributed by atoms with van der Waals surface area (Å²) < 4.78 is 5.03. The van der Waals surface area contributed by atoms with Crippen LogP contribution in [0.2, 0.25) is 0 Å². The van der Waals surface area contributed by atoms with E-state index < -0.39 is 12.0 Å². The van der Waals surface area contributed by atoms with Gasteiger partial charge in [0.25, 0.3) is 0 Å². The molecule has 96 valence electrons. The van der Waals surface area contributed by atoms with Crippen LogP contribution in [-0.4, -0.2) is 61.9 Å². The van der Waals surface area contributed by atoms with E-state index in [1.807, 2.05) is 0 Å². The topological polar surface area (TPSA) is 61.8 Å². The van der Waals surface area contributed by atoms with E-state index in [4.69, 9.17) is 9.84 Å². The van der Waals surface area contributed by atoms with Gasteiger partial charge < -0.3 is 15.2 Å². The molecule has 2 N–H and O–H groups in total. The molecule has 0 saturated carbocycles. The fourth-order valence-electron chi connectivity index (χ4n) is 1.49. The zero-order valence-corrected chi connectivity index (χ0v) is 10.7. The Labute approximate surface area is 97.8 Å². The Kier molecular flexibility index (Phi) is 8.15. The highest BCUT2D eigenvalue weighted by Crippen LogP contribution is 2.04. The molecule has 0 bridgehead atoms. The summed E-state index contributed by atoms with van der Waals surface area (Å²) in [5, 5.41) is 11.8. The molecule has 0 aromatic heterocycles. The molecule has 16 heavy (non-hydrogen) atoms. The van der Waals surface area contributed by atoms with Gasteiger partial charge in [-0.15, -0.1) is 0 Å². The summed E-state index contributed by atoms with van der Waals surface area (Å²) in [6.07, 6.45) is 1.000. The van der Waals surface area contributed by atoms with Gasteiger partial charge in [-0.1, -0.05) is 6.92 Å². The number of hydrogen-bond donors (Lipinski definition) is 2. The number of ether oxygens (including phenoxy) is 1. The Bertz CT molecular complexity index is 200. The van der Waals surface area contributed by atoms with Gasteiger partial charge in [0.05, 0.1) is 6.61 Å². The van der Waals surface area contributed by atoms with Gasteiger partial charge in [-0.05, 0) is 20.4 Å². The van der Waals surface area contributed by atoms with Gasteiger partial charge in [0, 0.05) is 26.2 Å². The van der Waals surface area contributed by atoms with Crippen LogP contribution in [0.3, 0.4) is 0 Å². The summed E-state index contributed by atoms with van der Waals surface area (Å²) in [5.74, 6) is -0.812. The van der Waals surface area contributed by atoms with Gasteiger partial charge in [0.15, 0.2) is 0 Å². The number of hydrogen-bond acceptors (Lipinski definition) is 4. The number of likely N-dealkylation sites (N-methyl/N-ethyl adjacent to an activating group) is 1. The first-order chi connectivity index (χ1) is 7.56. The molecule has 2 atom stereocenters. The van der Waals surface area contributed by atoms with E-state index in [0.29, 0.717) is 19.2 Å². The summed E-state index contributed by atoms with van der Waals surface area (Å²) in [7, 11) is 3.32. The van der Waals surface area contributed by atoms with Crippen LogP contribution in [0.4, 0.5) is 0 Å². The van der Waals surface area contributed by atoms with Crippen molar-refractivity contribution in [3.8, 4) is 0 Å². The van der Waals surface area contributed by atoms with Gasteiger partial charge in [-0.2, -0.15) is 0 Å². The number of nitrogens with zero attached hydrogens (tertiary/aromatic N) is 1. The van der Waals surface area contributed by atoms with Gasteiger partial charge >= 0.3 is 5.97 Å².